The van der Waals surface area contributed by atoms with Crippen molar-refractivity contribution in [3.05, 3.63) is 29.6 Å². The molecule has 0 aromatic heterocycles. The average molecular weight is 224 g/mol. The van der Waals surface area contributed by atoms with Crippen LogP contribution in [0.3, 0.4) is 0 Å². The Bertz CT molecular complexity index is 320. The topological polar surface area (TPSA) is 15.3 Å². The predicted octanol–water partition coefficient (Wildman–Crippen LogP) is 2.57. The first-order valence-electron chi connectivity index (χ1n) is 5.99. The highest BCUT2D eigenvalue weighted by atomic mass is 19.1. The summed E-state index contributed by atoms with van der Waals surface area (Å²) < 4.78 is 13.5. The SMILES string of the molecule is CC.Cc1ccc(F)c(N2CCNCC2)c1. The Morgan fingerprint density at radius 3 is 2.44 bits per heavy atom. The van der Waals surface area contributed by atoms with Gasteiger partial charge in [0, 0.05) is 26.2 Å². The molecule has 3 heteroatoms. The summed E-state index contributed by atoms with van der Waals surface area (Å²) in [5.41, 5.74) is 1.85. The monoisotopic (exact) mass is 224 g/mol. The number of nitrogens with one attached hydrogen (secondary N) is 1. The van der Waals surface area contributed by atoms with Crippen LogP contribution in [0.25, 0.3) is 0 Å². The Balaban J connectivity index is 0.000000606. The Kier molecular flexibility index (Phi) is 5.26. The van der Waals surface area contributed by atoms with E-state index in [1.54, 1.807) is 12.1 Å². The van der Waals surface area contributed by atoms with Gasteiger partial charge < -0.3 is 10.2 Å². The molecule has 2 nitrogen and oxygen atoms in total. The lowest BCUT2D eigenvalue weighted by atomic mass is 10.2. The summed E-state index contributed by atoms with van der Waals surface area (Å²) in [5, 5.41) is 3.25. The maximum absolute atomic E-state index is 13.5. The minimum Gasteiger partial charge on any atom is -0.367 e. The van der Waals surface area contributed by atoms with Crippen LogP contribution >= 0.6 is 0 Å². The number of anilines is 1. The first-order chi connectivity index (χ1) is 7.77. The Morgan fingerprint density at radius 1 is 1.19 bits per heavy atom. The van der Waals surface area contributed by atoms with Gasteiger partial charge >= 0.3 is 0 Å². The smallest absolute Gasteiger partial charge is 0.146 e. The number of rotatable bonds is 1. The lowest BCUT2D eigenvalue weighted by Gasteiger charge is -2.29. The standard InChI is InChI=1S/C11H15FN2.C2H6/c1-9-2-3-10(12)11(8-9)14-6-4-13-5-7-14;1-2/h2-3,8,13H,4-7H2,1H3;1-2H3. The molecule has 0 atom stereocenters. The average Bonchev–Trinajstić information content (AvgIpc) is 2.36. The summed E-state index contributed by atoms with van der Waals surface area (Å²) in [4.78, 5) is 2.10. The van der Waals surface area contributed by atoms with Crippen LogP contribution in [0.5, 0.6) is 0 Å². The maximum atomic E-state index is 13.5. The van der Waals surface area contributed by atoms with E-state index in [9.17, 15) is 4.39 Å². The van der Waals surface area contributed by atoms with Gasteiger partial charge in [-0.15, -0.1) is 0 Å². The van der Waals surface area contributed by atoms with Crippen molar-refractivity contribution >= 4 is 5.69 Å². The molecule has 1 aromatic carbocycles. The largest absolute Gasteiger partial charge is 0.367 e. The zero-order valence-electron chi connectivity index (χ0n) is 10.4. The van der Waals surface area contributed by atoms with Gasteiger partial charge in [0.05, 0.1) is 5.69 Å². The molecule has 0 spiro atoms. The van der Waals surface area contributed by atoms with E-state index in [4.69, 9.17) is 0 Å². The molecule has 1 aliphatic heterocycles. The molecular weight excluding hydrogens is 203 g/mol. The van der Waals surface area contributed by atoms with Gasteiger partial charge in [-0.3, -0.25) is 0 Å². The van der Waals surface area contributed by atoms with Gasteiger partial charge in [0.1, 0.15) is 5.82 Å². The van der Waals surface area contributed by atoms with Crippen molar-refractivity contribution in [2.75, 3.05) is 31.1 Å². The molecule has 1 fully saturated rings. The van der Waals surface area contributed by atoms with Crippen LogP contribution < -0.4 is 10.2 Å². The van der Waals surface area contributed by atoms with E-state index in [1.165, 1.54) is 0 Å². The summed E-state index contributed by atoms with van der Waals surface area (Å²) in [6, 6.07) is 5.27. The van der Waals surface area contributed by atoms with E-state index in [1.807, 2.05) is 26.8 Å². The zero-order valence-corrected chi connectivity index (χ0v) is 10.4. The number of hydrogen-bond donors (Lipinski definition) is 1. The molecule has 1 aromatic rings. The Hall–Kier alpha value is -1.09. The van der Waals surface area contributed by atoms with Gasteiger partial charge in [-0.1, -0.05) is 19.9 Å². The van der Waals surface area contributed by atoms with Crippen molar-refractivity contribution in [3.8, 4) is 0 Å². The summed E-state index contributed by atoms with van der Waals surface area (Å²) in [5.74, 6) is -0.113. The molecule has 0 amide bonds. The van der Waals surface area contributed by atoms with Gasteiger partial charge in [0.25, 0.3) is 0 Å². The number of halogens is 1. The van der Waals surface area contributed by atoms with E-state index >= 15 is 0 Å². The molecule has 1 N–H and O–H groups in total. The van der Waals surface area contributed by atoms with Crippen LogP contribution in [0, 0.1) is 12.7 Å². The van der Waals surface area contributed by atoms with Crippen LogP contribution in [0.15, 0.2) is 18.2 Å². The van der Waals surface area contributed by atoms with Gasteiger partial charge in [0.15, 0.2) is 0 Å². The zero-order chi connectivity index (χ0) is 12.0. The van der Waals surface area contributed by atoms with Crippen LogP contribution in [-0.4, -0.2) is 26.2 Å². The second-order valence-electron chi connectivity index (χ2n) is 3.69. The first kappa shape index (κ1) is 13.0. The van der Waals surface area contributed by atoms with Crippen LogP contribution in [0.1, 0.15) is 19.4 Å². The third-order valence-electron chi connectivity index (χ3n) is 2.56. The molecule has 0 bridgehead atoms. The summed E-state index contributed by atoms with van der Waals surface area (Å²) in [6.45, 7) is 9.65. The second-order valence-corrected chi connectivity index (χ2v) is 3.69. The minimum atomic E-state index is -0.113. The third-order valence-corrected chi connectivity index (χ3v) is 2.56. The Labute approximate surface area is 97.5 Å². The normalized spacial score (nSPS) is 15.4. The molecule has 1 saturated heterocycles. The van der Waals surface area contributed by atoms with E-state index < -0.39 is 0 Å². The number of aryl methyl sites for hydroxylation is 1. The third kappa shape index (κ3) is 3.20. The highest BCUT2D eigenvalue weighted by Crippen LogP contribution is 2.20. The molecular formula is C13H21FN2. The van der Waals surface area contributed by atoms with Crippen LogP contribution in [0.2, 0.25) is 0 Å². The first-order valence-corrected chi connectivity index (χ1v) is 5.99. The quantitative estimate of drug-likeness (QED) is 0.788. The predicted molar refractivity (Wildman–Crippen MR) is 67.6 cm³/mol. The van der Waals surface area contributed by atoms with Crippen molar-refractivity contribution < 1.29 is 4.39 Å². The molecule has 2 rings (SSSR count). The highest BCUT2D eigenvalue weighted by molar-refractivity contribution is 5.50. The number of nitrogens with zero attached hydrogens (tertiary/aromatic N) is 1. The van der Waals surface area contributed by atoms with Crippen molar-refractivity contribution in [1.29, 1.82) is 0 Å². The van der Waals surface area contributed by atoms with Crippen LogP contribution in [0.4, 0.5) is 10.1 Å². The lowest BCUT2D eigenvalue weighted by Crippen LogP contribution is -2.43. The molecule has 1 heterocycles. The molecule has 16 heavy (non-hydrogen) atoms. The summed E-state index contributed by atoms with van der Waals surface area (Å²) >= 11 is 0. The Morgan fingerprint density at radius 2 is 1.81 bits per heavy atom. The molecule has 0 aliphatic carbocycles. The van der Waals surface area contributed by atoms with Crippen LogP contribution in [-0.2, 0) is 0 Å². The maximum Gasteiger partial charge on any atom is 0.146 e. The number of piperazine rings is 1. The number of hydrogen-bond acceptors (Lipinski definition) is 2. The summed E-state index contributed by atoms with van der Waals surface area (Å²) in [6.07, 6.45) is 0. The molecule has 0 saturated carbocycles. The van der Waals surface area contributed by atoms with E-state index in [0.717, 1.165) is 37.4 Å². The molecule has 0 radical (unpaired) electrons. The fourth-order valence-corrected chi connectivity index (χ4v) is 1.77. The minimum absolute atomic E-state index is 0.113. The van der Waals surface area contributed by atoms with Crippen molar-refractivity contribution in [1.82, 2.24) is 5.32 Å². The highest BCUT2D eigenvalue weighted by Gasteiger charge is 2.13. The lowest BCUT2D eigenvalue weighted by molar-refractivity contribution is 0.566. The van der Waals surface area contributed by atoms with E-state index in [2.05, 4.69) is 10.2 Å². The van der Waals surface area contributed by atoms with Gasteiger partial charge in [-0.2, -0.15) is 0 Å². The van der Waals surface area contributed by atoms with Crippen molar-refractivity contribution in [2.24, 2.45) is 0 Å². The fourth-order valence-electron chi connectivity index (χ4n) is 1.77. The van der Waals surface area contributed by atoms with Gasteiger partial charge in [-0.05, 0) is 24.6 Å². The second kappa shape index (κ2) is 6.48. The van der Waals surface area contributed by atoms with Crippen molar-refractivity contribution in [3.63, 3.8) is 0 Å². The number of benzene rings is 1. The summed E-state index contributed by atoms with van der Waals surface area (Å²) in [7, 11) is 0. The van der Waals surface area contributed by atoms with Gasteiger partial charge in [-0.25, -0.2) is 4.39 Å². The van der Waals surface area contributed by atoms with E-state index in [-0.39, 0.29) is 5.82 Å². The molecule has 0 unspecified atom stereocenters. The molecule has 1 aliphatic rings. The van der Waals surface area contributed by atoms with Crippen molar-refractivity contribution in [2.45, 2.75) is 20.8 Å². The van der Waals surface area contributed by atoms with E-state index in [0.29, 0.717) is 0 Å². The molecule has 90 valence electrons. The van der Waals surface area contributed by atoms with Gasteiger partial charge in [0.2, 0.25) is 0 Å². The fraction of sp³-hybridized carbons (Fsp3) is 0.538.